The number of nitro groups is 1. The van der Waals surface area contributed by atoms with E-state index in [0.717, 1.165) is 18.2 Å². The number of non-ortho nitro benzene ring substituents is 1. The van der Waals surface area contributed by atoms with Crippen molar-refractivity contribution in [3.63, 3.8) is 0 Å². The molecule has 1 aromatic heterocycles. The SMILES string of the molecule is O=C(Nc1cc([N+](=O)[O-])ccc1F)Oc1ccccn1. The number of halogens is 1. The smallest absolute Gasteiger partial charge is 0.391 e. The number of carbonyl (C=O) groups is 1. The molecule has 0 saturated carbocycles. The van der Waals surface area contributed by atoms with Gasteiger partial charge in [0.05, 0.1) is 10.6 Å². The van der Waals surface area contributed by atoms with Crippen LogP contribution in [0, 0.1) is 15.9 Å². The third-order valence-corrected chi connectivity index (χ3v) is 2.23. The summed E-state index contributed by atoms with van der Waals surface area (Å²) in [5.41, 5.74) is -0.695. The fraction of sp³-hybridized carbons (Fsp3) is 0. The Morgan fingerprint density at radius 1 is 1.35 bits per heavy atom. The van der Waals surface area contributed by atoms with E-state index >= 15 is 0 Å². The average Bonchev–Trinajstić information content (AvgIpc) is 2.42. The van der Waals surface area contributed by atoms with E-state index in [4.69, 9.17) is 4.74 Å². The zero-order valence-electron chi connectivity index (χ0n) is 9.95. The van der Waals surface area contributed by atoms with E-state index < -0.39 is 16.8 Å². The van der Waals surface area contributed by atoms with Gasteiger partial charge in [0.2, 0.25) is 5.88 Å². The molecule has 0 atom stereocenters. The van der Waals surface area contributed by atoms with Crippen LogP contribution < -0.4 is 10.1 Å². The van der Waals surface area contributed by atoms with Crippen LogP contribution in [-0.2, 0) is 0 Å². The molecule has 1 N–H and O–H groups in total. The van der Waals surface area contributed by atoms with Gasteiger partial charge in [-0.1, -0.05) is 6.07 Å². The molecule has 0 spiro atoms. The molecular formula is C12H8FN3O4. The van der Waals surface area contributed by atoms with Gasteiger partial charge in [-0.05, 0) is 12.1 Å². The molecule has 0 bridgehead atoms. The first-order valence-corrected chi connectivity index (χ1v) is 5.40. The average molecular weight is 277 g/mol. The molecule has 7 nitrogen and oxygen atoms in total. The Labute approximate surface area is 112 Å². The third kappa shape index (κ3) is 3.25. The van der Waals surface area contributed by atoms with Gasteiger partial charge in [-0.2, -0.15) is 0 Å². The van der Waals surface area contributed by atoms with E-state index in [1.54, 1.807) is 12.1 Å². The summed E-state index contributed by atoms with van der Waals surface area (Å²) in [6.07, 6.45) is 0.416. The Balaban J connectivity index is 2.11. The van der Waals surface area contributed by atoms with Crippen molar-refractivity contribution < 1.29 is 18.8 Å². The number of carbonyl (C=O) groups excluding carboxylic acids is 1. The maximum atomic E-state index is 13.4. The zero-order chi connectivity index (χ0) is 14.5. The number of hydrogen-bond donors (Lipinski definition) is 1. The number of anilines is 1. The van der Waals surface area contributed by atoms with Crippen molar-refractivity contribution >= 4 is 17.5 Å². The summed E-state index contributed by atoms with van der Waals surface area (Å²) in [5, 5.41) is 12.6. The van der Waals surface area contributed by atoms with Gasteiger partial charge in [0.15, 0.2) is 0 Å². The van der Waals surface area contributed by atoms with Gasteiger partial charge < -0.3 is 4.74 Å². The fourth-order valence-corrected chi connectivity index (χ4v) is 1.36. The topological polar surface area (TPSA) is 94.4 Å². The highest BCUT2D eigenvalue weighted by molar-refractivity contribution is 5.86. The van der Waals surface area contributed by atoms with E-state index in [1.807, 2.05) is 0 Å². The number of benzene rings is 1. The monoisotopic (exact) mass is 277 g/mol. The van der Waals surface area contributed by atoms with Gasteiger partial charge in [0.25, 0.3) is 5.69 Å². The summed E-state index contributed by atoms with van der Waals surface area (Å²) in [7, 11) is 0. The molecule has 0 aliphatic heterocycles. The second-order valence-electron chi connectivity index (χ2n) is 3.60. The normalized spacial score (nSPS) is 9.85. The highest BCUT2D eigenvalue weighted by Crippen LogP contribution is 2.21. The molecule has 0 saturated heterocycles. The van der Waals surface area contributed by atoms with E-state index in [0.29, 0.717) is 0 Å². The second-order valence-corrected chi connectivity index (χ2v) is 3.60. The molecule has 2 aromatic rings. The van der Waals surface area contributed by atoms with Crippen LogP contribution in [0.5, 0.6) is 5.88 Å². The lowest BCUT2D eigenvalue weighted by Crippen LogP contribution is -2.18. The van der Waals surface area contributed by atoms with Crippen molar-refractivity contribution in [2.24, 2.45) is 0 Å². The summed E-state index contributed by atoms with van der Waals surface area (Å²) in [4.78, 5) is 25.1. The van der Waals surface area contributed by atoms with Crippen LogP contribution in [0.1, 0.15) is 0 Å². The van der Waals surface area contributed by atoms with Gasteiger partial charge >= 0.3 is 6.09 Å². The van der Waals surface area contributed by atoms with E-state index in [9.17, 15) is 19.3 Å². The molecule has 102 valence electrons. The Bertz CT molecular complexity index is 648. The number of aromatic nitrogens is 1. The Hall–Kier alpha value is -3.03. The molecule has 2 rings (SSSR count). The number of amides is 1. The van der Waals surface area contributed by atoms with Crippen molar-refractivity contribution in [2.45, 2.75) is 0 Å². The van der Waals surface area contributed by atoms with Crippen LogP contribution in [0.4, 0.5) is 20.6 Å². The summed E-state index contributed by atoms with van der Waals surface area (Å²) in [5.74, 6) is -0.788. The standard InChI is InChI=1S/C12H8FN3O4/c13-9-5-4-8(16(18)19)7-10(9)15-12(17)20-11-3-1-2-6-14-11/h1-7H,(H,15,17). The fourth-order valence-electron chi connectivity index (χ4n) is 1.36. The molecule has 20 heavy (non-hydrogen) atoms. The summed E-state index contributed by atoms with van der Waals surface area (Å²) >= 11 is 0. The van der Waals surface area contributed by atoms with Crippen LogP contribution in [0.3, 0.4) is 0 Å². The number of nitrogens with zero attached hydrogens (tertiary/aromatic N) is 2. The molecule has 0 fully saturated rings. The molecule has 0 unspecified atom stereocenters. The van der Waals surface area contributed by atoms with Gasteiger partial charge in [-0.3, -0.25) is 15.4 Å². The summed E-state index contributed by atoms with van der Waals surface area (Å²) in [6, 6.07) is 7.44. The van der Waals surface area contributed by atoms with Gasteiger partial charge in [0.1, 0.15) is 5.82 Å². The van der Waals surface area contributed by atoms with Crippen molar-refractivity contribution in [2.75, 3.05) is 5.32 Å². The Morgan fingerprint density at radius 2 is 2.15 bits per heavy atom. The number of ether oxygens (including phenoxy) is 1. The zero-order valence-corrected chi connectivity index (χ0v) is 9.95. The number of hydrogen-bond acceptors (Lipinski definition) is 5. The van der Waals surface area contributed by atoms with E-state index in [-0.39, 0.29) is 17.3 Å². The predicted octanol–water partition coefficient (Wildman–Crippen LogP) is 2.74. The Morgan fingerprint density at radius 3 is 2.80 bits per heavy atom. The minimum atomic E-state index is -0.997. The third-order valence-electron chi connectivity index (χ3n) is 2.23. The molecule has 0 aliphatic rings. The number of nitrogens with one attached hydrogen (secondary N) is 1. The number of pyridine rings is 1. The van der Waals surface area contributed by atoms with Gasteiger partial charge in [0, 0.05) is 24.4 Å². The molecule has 1 heterocycles. The number of rotatable bonds is 3. The van der Waals surface area contributed by atoms with Crippen LogP contribution in [-0.4, -0.2) is 16.0 Å². The largest absolute Gasteiger partial charge is 0.418 e. The maximum absolute atomic E-state index is 13.4. The van der Waals surface area contributed by atoms with Crippen molar-refractivity contribution in [3.05, 3.63) is 58.5 Å². The summed E-state index contributed by atoms with van der Waals surface area (Å²) < 4.78 is 18.2. The molecule has 0 aliphatic carbocycles. The Kier molecular flexibility index (Phi) is 3.85. The number of nitro benzene ring substituents is 1. The minimum absolute atomic E-state index is 0.0239. The first kappa shape index (κ1) is 13.4. The minimum Gasteiger partial charge on any atom is -0.391 e. The van der Waals surface area contributed by atoms with Crippen LogP contribution >= 0.6 is 0 Å². The predicted molar refractivity (Wildman–Crippen MR) is 66.9 cm³/mol. The maximum Gasteiger partial charge on any atom is 0.418 e. The summed E-state index contributed by atoms with van der Waals surface area (Å²) in [6.45, 7) is 0. The van der Waals surface area contributed by atoms with E-state index in [2.05, 4.69) is 10.3 Å². The van der Waals surface area contributed by atoms with Crippen molar-refractivity contribution in [1.82, 2.24) is 4.98 Å². The first-order valence-electron chi connectivity index (χ1n) is 5.40. The second kappa shape index (κ2) is 5.74. The highest BCUT2D eigenvalue weighted by atomic mass is 19.1. The van der Waals surface area contributed by atoms with Crippen LogP contribution in [0.2, 0.25) is 0 Å². The quantitative estimate of drug-likeness (QED) is 0.687. The van der Waals surface area contributed by atoms with Gasteiger partial charge in [-0.15, -0.1) is 0 Å². The molecule has 1 amide bonds. The molecule has 8 heteroatoms. The van der Waals surface area contributed by atoms with Crippen molar-refractivity contribution in [1.29, 1.82) is 0 Å². The first-order chi connectivity index (χ1) is 9.56. The molecule has 0 radical (unpaired) electrons. The molecular weight excluding hydrogens is 269 g/mol. The van der Waals surface area contributed by atoms with E-state index in [1.165, 1.54) is 12.3 Å². The van der Waals surface area contributed by atoms with Crippen LogP contribution in [0.25, 0.3) is 0 Å². The van der Waals surface area contributed by atoms with Crippen molar-refractivity contribution in [3.8, 4) is 5.88 Å². The lowest BCUT2D eigenvalue weighted by Gasteiger charge is -2.06. The van der Waals surface area contributed by atoms with Crippen LogP contribution in [0.15, 0.2) is 42.6 Å². The lowest BCUT2D eigenvalue weighted by molar-refractivity contribution is -0.384. The highest BCUT2D eigenvalue weighted by Gasteiger charge is 2.14. The lowest BCUT2D eigenvalue weighted by atomic mass is 10.2. The van der Waals surface area contributed by atoms with Gasteiger partial charge in [-0.25, -0.2) is 14.2 Å². The molecule has 1 aromatic carbocycles.